The number of ether oxygens (including phenoxy) is 1. The van der Waals surface area contributed by atoms with Gasteiger partial charge in [-0.25, -0.2) is 0 Å². The van der Waals surface area contributed by atoms with Gasteiger partial charge in [-0.3, -0.25) is 9.59 Å². The van der Waals surface area contributed by atoms with Crippen LogP contribution in [0.2, 0.25) is 5.02 Å². The van der Waals surface area contributed by atoms with E-state index in [1.807, 2.05) is 24.3 Å². The molecule has 1 unspecified atom stereocenters. The highest BCUT2D eigenvalue weighted by atomic mass is 35.5. The van der Waals surface area contributed by atoms with E-state index in [0.29, 0.717) is 34.3 Å². The van der Waals surface area contributed by atoms with Crippen molar-refractivity contribution in [1.82, 2.24) is 5.32 Å². The van der Waals surface area contributed by atoms with E-state index in [4.69, 9.17) is 16.3 Å². The van der Waals surface area contributed by atoms with Gasteiger partial charge in [0, 0.05) is 23.9 Å². The molecule has 0 saturated carbocycles. The molecule has 1 atom stereocenters. The third-order valence-corrected chi connectivity index (χ3v) is 5.59. The first-order valence-corrected chi connectivity index (χ1v) is 10.8. The molecule has 3 rings (SSSR count). The molecule has 1 aliphatic rings. The van der Waals surface area contributed by atoms with Gasteiger partial charge in [-0.15, -0.1) is 11.8 Å². The molecule has 0 aromatic heterocycles. The second-order valence-corrected chi connectivity index (χ2v) is 7.98. The molecule has 0 aliphatic carbocycles. The first-order chi connectivity index (χ1) is 13.6. The summed E-state index contributed by atoms with van der Waals surface area (Å²) in [6, 6.07) is 14.6. The zero-order valence-electron chi connectivity index (χ0n) is 15.4. The number of nitrogens with one attached hydrogen (secondary N) is 2. The van der Waals surface area contributed by atoms with Crippen LogP contribution in [0.25, 0.3) is 0 Å². The highest BCUT2D eigenvalue weighted by Crippen LogP contribution is 2.19. The van der Waals surface area contributed by atoms with E-state index in [-0.39, 0.29) is 17.9 Å². The van der Waals surface area contributed by atoms with Crippen LogP contribution in [-0.4, -0.2) is 36.8 Å². The second-order valence-electron chi connectivity index (χ2n) is 6.56. The van der Waals surface area contributed by atoms with Gasteiger partial charge < -0.3 is 15.4 Å². The molecular formula is C21H23ClN2O3S. The lowest BCUT2D eigenvalue weighted by atomic mass is 10.1. The van der Waals surface area contributed by atoms with Crippen molar-refractivity contribution in [3.8, 4) is 0 Å². The third-order valence-electron chi connectivity index (χ3n) is 4.35. The van der Waals surface area contributed by atoms with E-state index in [9.17, 15) is 9.59 Å². The summed E-state index contributed by atoms with van der Waals surface area (Å²) in [5.74, 6) is 0.625. The van der Waals surface area contributed by atoms with Gasteiger partial charge in [0.05, 0.1) is 23.1 Å². The largest absolute Gasteiger partial charge is 0.376 e. The molecule has 148 valence electrons. The molecule has 1 saturated heterocycles. The molecular weight excluding hydrogens is 396 g/mol. The fraction of sp³-hybridized carbons (Fsp3) is 0.333. The summed E-state index contributed by atoms with van der Waals surface area (Å²) in [6.45, 7) is 1.23. The fourth-order valence-corrected chi connectivity index (χ4v) is 3.96. The summed E-state index contributed by atoms with van der Waals surface area (Å²) >= 11 is 7.47. The van der Waals surface area contributed by atoms with Crippen molar-refractivity contribution in [3.63, 3.8) is 0 Å². The van der Waals surface area contributed by atoms with Gasteiger partial charge in [0.15, 0.2) is 0 Å². The highest BCUT2D eigenvalue weighted by Gasteiger charge is 2.18. The van der Waals surface area contributed by atoms with Gasteiger partial charge in [-0.2, -0.15) is 0 Å². The quantitative estimate of drug-likeness (QED) is 0.676. The Morgan fingerprint density at radius 3 is 2.82 bits per heavy atom. The minimum Gasteiger partial charge on any atom is -0.376 e. The van der Waals surface area contributed by atoms with Crippen LogP contribution in [0.5, 0.6) is 0 Å². The van der Waals surface area contributed by atoms with Crippen molar-refractivity contribution in [2.24, 2.45) is 0 Å². The first-order valence-electron chi connectivity index (χ1n) is 9.22. The molecule has 0 spiro atoms. The van der Waals surface area contributed by atoms with E-state index in [1.54, 1.807) is 24.3 Å². The number of anilines is 1. The smallest absolute Gasteiger partial charge is 0.253 e. The number of hydrogen-bond acceptors (Lipinski definition) is 4. The van der Waals surface area contributed by atoms with Crippen molar-refractivity contribution in [1.29, 1.82) is 0 Å². The number of thioether (sulfide) groups is 1. The van der Waals surface area contributed by atoms with Crippen molar-refractivity contribution in [3.05, 3.63) is 64.7 Å². The first kappa shape index (κ1) is 20.7. The third kappa shape index (κ3) is 6.26. The maximum Gasteiger partial charge on any atom is 0.253 e. The summed E-state index contributed by atoms with van der Waals surface area (Å²) in [5, 5.41) is 6.42. The number of rotatable bonds is 8. The maximum absolute atomic E-state index is 12.5. The monoisotopic (exact) mass is 418 g/mol. The summed E-state index contributed by atoms with van der Waals surface area (Å²) in [4.78, 5) is 24.8. The van der Waals surface area contributed by atoms with E-state index >= 15 is 0 Å². The Bertz CT molecular complexity index is 825. The molecule has 1 aliphatic heterocycles. The molecule has 2 aromatic rings. The predicted molar refractivity (Wildman–Crippen MR) is 114 cm³/mol. The molecule has 0 bridgehead atoms. The minimum atomic E-state index is -0.210. The number of carbonyl (C=O) groups excluding carboxylic acids is 2. The topological polar surface area (TPSA) is 67.4 Å². The van der Waals surface area contributed by atoms with Crippen LogP contribution in [-0.2, 0) is 15.3 Å². The Balaban J connectivity index is 1.50. The number of amides is 2. The Morgan fingerprint density at radius 2 is 2.04 bits per heavy atom. The Kier molecular flexibility index (Phi) is 7.77. The van der Waals surface area contributed by atoms with Gasteiger partial charge in [0.1, 0.15) is 0 Å². The minimum absolute atomic E-state index is 0.0774. The van der Waals surface area contributed by atoms with Crippen LogP contribution in [0, 0.1) is 0 Å². The molecule has 5 nitrogen and oxygen atoms in total. The van der Waals surface area contributed by atoms with E-state index in [0.717, 1.165) is 25.0 Å². The van der Waals surface area contributed by atoms with E-state index in [2.05, 4.69) is 10.6 Å². The molecule has 2 N–H and O–H groups in total. The summed E-state index contributed by atoms with van der Waals surface area (Å²) in [7, 11) is 0. The molecule has 1 heterocycles. The molecule has 1 fully saturated rings. The molecule has 28 heavy (non-hydrogen) atoms. The van der Waals surface area contributed by atoms with Crippen LogP contribution >= 0.6 is 23.4 Å². The SMILES string of the molecule is O=C(CSCc1cccc(Cl)c1)Nc1ccccc1C(=O)NCC1CCCO1. The van der Waals surface area contributed by atoms with Crippen molar-refractivity contribution >= 4 is 40.9 Å². The summed E-state index contributed by atoms with van der Waals surface area (Å²) in [5.41, 5.74) is 2.04. The van der Waals surface area contributed by atoms with Crippen LogP contribution < -0.4 is 10.6 Å². The lowest BCUT2D eigenvalue weighted by Gasteiger charge is -2.13. The number of halogens is 1. The second kappa shape index (κ2) is 10.5. The van der Waals surface area contributed by atoms with Crippen molar-refractivity contribution in [2.75, 3.05) is 24.2 Å². The maximum atomic E-state index is 12.5. The van der Waals surface area contributed by atoms with E-state index in [1.165, 1.54) is 11.8 Å². The van der Waals surface area contributed by atoms with Gasteiger partial charge in [-0.05, 0) is 42.7 Å². The summed E-state index contributed by atoms with van der Waals surface area (Å²) < 4.78 is 5.53. The molecule has 2 amide bonds. The zero-order chi connectivity index (χ0) is 19.8. The normalized spacial score (nSPS) is 16.0. The van der Waals surface area contributed by atoms with Crippen LogP contribution in [0.15, 0.2) is 48.5 Å². The Morgan fingerprint density at radius 1 is 1.18 bits per heavy atom. The number of benzene rings is 2. The van der Waals surface area contributed by atoms with Crippen LogP contribution in [0.4, 0.5) is 5.69 Å². The highest BCUT2D eigenvalue weighted by molar-refractivity contribution is 7.99. The van der Waals surface area contributed by atoms with Gasteiger partial charge in [-0.1, -0.05) is 35.9 Å². The van der Waals surface area contributed by atoms with E-state index < -0.39 is 0 Å². The standard InChI is InChI=1S/C21H23ClN2O3S/c22-16-6-3-5-15(11-16)13-28-14-20(25)24-19-9-2-1-8-18(19)21(26)23-12-17-7-4-10-27-17/h1-3,5-6,8-9,11,17H,4,7,10,12-14H2,(H,23,26)(H,24,25). The van der Waals surface area contributed by atoms with Crippen molar-refractivity contribution in [2.45, 2.75) is 24.7 Å². The lowest BCUT2D eigenvalue weighted by molar-refractivity contribution is -0.113. The zero-order valence-corrected chi connectivity index (χ0v) is 17.0. The number of hydrogen-bond donors (Lipinski definition) is 2. The van der Waals surface area contributed by atoms with Crippen molar-refractivity contribution < 1.29 is 14.3 Å². The van der Waals surface area contributed by atoms with Crippen LogP contribution in [0.1, 0.15) is 28.8 Å². The predicted octanol–water partition coefficient (Wildman–Crippen LogP) is 4.12. The van der Waals surface area contributed by atoms with Gasteiger partial charge in [0.2, 0.25) is 5.91 Å². The number of carbonyl (C=O) groups is 2. The Hall–Kier alpha value is -2.02. The number of para-hydroxylation sites is 1. The van der Waals surface area contributed by atoms with Gasteiger partial charge >= 0.3 is 0 Å². The fourth-order valence-electron chi connectivity index (χ4n) is 2.97. The molecule has 2 aromatic carbocycles. The Labute approximate surface area is 174 Å². The lowest BCUT2D eigenvalue weighted by Crippen LogP contribution is -2.32. The molecule has 7 heteroatoms. The van der Waals surface area contributed by atoms with Gasteiger partial charge in [0.25, 0.3) is 5.91 Å². The average molecular weight is 419 g/mol. The molecule has 0 radical (unpaired) electrons. The average Bonchev–Trinajstić information content (AvgIpc) is 3.20. The van der Waals surface area contributed by atoms with Crippen LogP contribution in [0.3, 0.4) is 0 Å². The summed E-state index contributed by atoms with van der Waals surface area (Å²) in [6.07, 6.45) is 2.07.